The van der Waals surface area contributed by atoms with Crippen LogP contribution in [0.5, 0.6) is 0 Å². The zero-order valence-electron chi connectivity index (χ0n) is 11.7. The van der Waals surface area contributed by atoms with Crippen LogP contribution >= 0.6 is 11.3 Å². The number of nitrogens with one attached hydrogen (secondary N) is 3. The Morgan fingerprint density at radius 3 is 2.90 bits per heavy atom. The Bertz CT molecular complexity index is 469. The maximum Gasteiger partial charge on any atom is 0.221 e. The molecule has 0 spiro atoms. The number of hydrogen-bond acceptors (Lipinski definition) is 4. The minimum absolute atomic E-state index is 0.0543. The molecule has 2 rings (SSSR count). The summed E-state index contributed by atoms with van der Waals surface area (Å²) in [5.41, 5.74) is 0.876. The highest BCUT2D eigenvalue weighted by Gasteiger charge is 2.22. The van der Waals surface area contributed by atoms with Crippen LogP contribution in [0, 0.1) is 0 Å². The van der Waals surface area contributed by atoms with Crippen LogP contribution in [0.4, 0.5) is 5.69 Å². The molecule has 1 heterocycles. The molecule has 0 radical (unpaired) electrons. The van der Waals surface area contributed by atoms with Crippen LogP contribution in [-0.2, 0) is 16.1 Å². The molecule has 20 heavy (non-hydrogen) atoms. The Morgan fingerprint density at radius 1 is 1.40 bits per heavy atom. The molecule has 0 saturated heterocycles. The number of rotatable bonds is 8. The van der Waals surface area contributed by atoms with E-state index in [-0.39, 0.29) is 11.8 Å². The largest absolute Gasteiger partial charge is 0.353 e. The molecule has 3 N–H and O–H groups in total. The molecule has 1 aliphatic carbocycles. The highest BCUT2D eigenvalue weighted by atomic mass is 32.1. The fourth-order valence-electron chi connectivity index (χ4n) is 1.88. The van der Waals surface area contributed by atoms with Crippen LogP contribution in [0.2, 0.25) is 0 Å². The lowest BCUT2D eigenvalue weighted by Gasteiger charge is -2.07. The monoisotopic (exact) mass is 295 g/mol. The molecule has 110 valence electrons. The van der Waals surface area contributed by atoms with E-state index < -0.39 is 0 Å². The maximum absolute atomic E-state index is 11.5. The molecular weight excluding hydrogens is 274 g/mol. The SMILES string of the molecule is CC(=O)Nc1ccsc1CNCCCC(=O)NC1CC1. The second kappa shape index (κ2) is 7.40. The molecule has 1 aromatic rings. The van der Waals surface area contributed by atoms with E-state index in [1.807, 2.05) is 11.4 Å². The predicted molar refractivity (Wildman–Crippen MR) is 80.7 cm³/mol. The molecule has 2 amide bonds. The van der Waals surface area contributed by atoms with Gasteiger partial charge in [0.05, 0.1) is 5.69 Å². The van der Waals surface area contributed by atoms with Crippen molar-refractivity contribution in [3.63, 3.8) is 0 Å². The lowest BCUT2D eigenvalue weighted by molar-refractivity contribution is -0.121. The molecule has 1 aromatic heterocycles. The molecule has 1 aliphatic rings. The average molecular weight is 295 g/mol. The van der Waals surface area contributed by atoms with Gasteiger partial charge in [0.25, 0.3) is 0 Å². The minimum Gasteiger partial charge on any atom is -0.353 e. The summed E-state index contributed by atoms with van der Waals surface area (Å²) < 4.78 is 0. The van der Waals surface area contributed by atoms with Gasteiger partial charge in [-0.15, -0.1) is 11.3 Å². The summed E-state index contributed by atoms with van der Waals surface area (Å²) in [5, 5.41) is 11.1. The van der Waals surface area contributed by atoms with Gasteiger partial charge in [0, 0.05) is 30.8 Å². The topological polar surface area (TPSA) is 70.2 Å². The van der Waals surface area contributed by atoms with Crippen molar-refractivity contribution in [1.29, 1.82) is 0 Å². The zero-order chi connectivity index (χ0) is 14.4. The van der Waals surface area contributed by atoms with Crippen LogP contribution in [-0.4, -0.2) is 24.4 Å². The summed E-state index contributed by atoms with van der Waals surface area (Å²) in [4.78, 5) is 23.6. The third-order valence-electron chi connectivity index (χ3n) is 3.04. The molecule has 1 saturated carbocycles. The van der Waals surface area contributed by atoms with Crippen molar-refractivity contribution in [1.82, 2.24) is 10.6 Å². The second-order valence-corrected chi connectivity index (χ2v) is 6.06. The van der Waals surface area contributed by atoms with E-state index in [0.29, 0.717) is 12.5 Å². The van der Waals surface area contributed by atoms with Gasteiger partial charge >= 0.3 is 0 Å². The van der Waals surface area contributed by atoms with E-state index in [9.17, 15) is 9.59 Å². The first-order valence-corrected chi connectivity index (χ1v) is 7.87. The van der Waals surface area contributed by atoms with Gasteiger partial charge in [0.2, 0.25) is 11.8 Å². The van der Waals surface area contributed by atoms with Crippen LogP contribution in [0.15, 0.2) is 11.4 Å². The van der Waals surface area contributed by atoms with Gasteiger partial charge in [0.1, 0.15) is 0 Å². The van der Waals surface area contributed by atoms with Crippen molar-refractivity contribution in [2.75, 3.05) is 11.9 Å². The fraction of sp³-hybridized carbons (Fsp3) is 0.571. The van der Waals surface area contributed by atoms with Crippen molar-refractivity contribution < 1.29 is 9.59 Å². The van der Waals surface area contributed by atoms with Gasteiger partial charge in [-0.1, -0.05) is 0 Å². The minimum atomic E-state index is -0.0543. The predicted octanol–water partition coefficient (Wildman–Crippen LogP) is 1.85. The number of anilines is 1. The first-order chi connectivity index (χ1) is 9.65. The Kier molecular flexibility index (Phi) is 5.55. The summed E-state index contributed by atoms with van der Waals surface area (Å²) in [5.74, 6) is 0.103. The third-order valence-corrected chi connectivity index (χ3v) is 3.96. The summed E-state index contributed by atoms with van der Waals surface area (Å²) in [6.45, 7) is 3.03. The average Bonchev–Trinajstić information content (AvgIpc) is 3.08. The van der Waals surface area contributed by atoms with E-state index >= 15 is 0 Å². The van der Waals surface area contributed by atoms with Crippen LogP contribution in [0.1, 0.15) is 37.5 Å². The number of amides is 2. The highest BCUT2D eigenvalue weighted by molar-refractivity contribution is 7.10. The molecule has 1 fully saturated rings. The van der Waals surface area contributed by atoms with E-state index in [0.717, 1.165) is 42.9 Å². The number of carbonyl (C=O) groups excluding carboxylic acids is 2. The second-order valence-electron chi connectivity index (χ2n) is 5.06. The highest BCUT2D eigenvalue weighted by Crippen LogP contribution is 2.22. The molecule has 0 aliphatic heterocycles. The van der Waals surface area contributed by atoms with E-state index in [1.54, 1.807) is 11.3 Å². The van der Waals surface area contributed by atoms with Gasteiger partial charge in [-0.3, -0.25) is 9.59 Å². The van der Waals surface area contributed by atoms with E-state index in [4.69, 9.17) is 0 Å². The van der Waals surface area contributed by atoms with Crippen LogP contribution in [0.3, 0.4) is 0 Å². The van der Waals surface area contributed by atoms with E-state index in [1.165, 1.54) is 6.92 Å². The first kappa shape index (κ1) is 15.0. The van der Waals surface area contributed by atoms with Gasteiger partial charge in [0.15, 0.2) is 0 Å². The Morgan fingerprint density at radius 2 is 2.20 bits per heavy atom. The lowest BCUT2D eigenvalue weighted by atomic mass is 10.3. The van der Waals surface area contributed by atoms with Crippen molar-refractivity contribution in [2.24, 2.45) is 0 Å². The third kappa shape index (κ3) is 5.30. The quantitative estimate of drug-likeness (QED) is 0.641. The molecule has 6 heteroatoms. The molecular formula is C14H21N3O2S. The molecule has 0 atom stereocenters. The smallest absolute Gasteiger partial charge is 0.221 e. The summed E-state index contributed by atoms with van der Waals surface area (Å²) in [7, 11) is 0. The maximum atomic E-state index is 11.5. The lowest BCUT2D eigenvalue weighted by Crippen LogP contribution is -2.26. The molecule has 0 aromatic carbocycles. The Balaban J connectivity index is 1.59. The van der Waals surface area contributed by atoms with Crippen LogP contribution < -0.4 is 16.0 Å². The number of hydrogen-bond donors (Lipinski definition) is 3. The van der Waals surface area contributed by atoms with Gasteiger partial charge in [-0.25, -0.2) is 0 Å². The van der Waals surface area contributed by atoms with Gasteiger partial charge in [-0.2, -0.15) is 0 Å². The Hall–Kier alpha value is -1.40. The molecule has 0 bridgehead atoms. The Labute approximate surface area is 123 Å². The van der Waals surface area contributed by atoms with E-state index in [2.05, 4.69) is 16.0 Å². The van der Waals surface area contributed by atoms with Gasteiger partial charge < -0.3 is 16.0 Å². The van der Waals surface area contributed by atoms with Crippen molar-refractivity contribution >= 4 is 28.8 Å². The van der Waals surface area contributed by atoms with Crippen molar-refractivity contribution in [2.45, 2.75) is 45.2 Å². The summed E-state index contributed by atoms with van der Waals surface area (Å²) >= 11 is 1.62. The van der Waals surface area contributed by atoms with Crippen LogP contribution in [0.25, 0.3) is 0 Å². The van der Waals surface area contributed by atoms with Crippen molar-refractivity contribution in [3.05, 3.63) is 16.3 Å². The number of carbonyl (C=O) groups is 2. The van der Waals surface area contributed by atoms with Crippen molar-refractivity contribution in [3.8, 4) is 0 Å². The van der Waals surface area contributed by atoms with Gasteiger partial charge in [-0.05, 0) is 37.3 Å². The zero-order valence-corrected chi connectivity index (χ0v) is 12.5. The molecule has 0 unspecified atom stereocenters. The summed E-state index contributed by atoms with van der Waals surface area (Å²) in [6.07, 6.45) is 3.68. The summed E-state index contributed by atoms with van der Waals surface area (Å²) in [6, 6.07) is 2.35. The number of thiophene rings is 1. The first-order valence-electron chi connectivity index (χ1n) is 6.99. The fourth-order valence-corrected chi connectivity index (χ4v) is 2.68. The standard InChI is InChI=1S/C14H21N3O2S/c1-10(18)16-12-6-8-20-13(12)9-15-7-2-3-14(19)17-11-4-5-11/h6,8,11,15H,2-5,7,9H2,1H3,(H,16,18)(H,17,19). The molecule has 5 nitrogen and oxygen atoms in total. The normalized spacial score (nSPS) is 14.1.